The molecule has 6 heteroatoms. The van der Waals surface area contributed by atoms with Crippen molar-refractivity contribution >= 4 is 23.2 Å². The van der Waals surface area contributed by atoms with Crippen LogP contribution in [-0.4, -0.2) is 21.4 Å². The van der Waals surface area contributed by atoms with E-state index in [1.165, 1.54) is 24.0 Å². The van der Waals surface area contributed by atoms with E-state index in [4.69, 9.17) is 0 Å². The number of aromatic nitrogens is 1. The monoisotopic (exact) mass is 274 g/mol. The molecular formula is C13H10N2O3S. The molecular weight excluding hydrogens is 264 g/mol. The van der Waals surface area contributed by atoms with Gasteiger partial charge in [-0.15, -0.1) is 0 Å². The fourth-order valence-electron chi connectivity index (χ4n) is 1.41. The van der Waals surface area contributed by atoms with Crippen LogP contribution in [0, 0.1) is 10.1 Å². The molecule has 0 radical (unpaired) electrons. The molecule has 0 fully saturated rings. The minimum atomic E-state index is -0.503. The van der Waals surface area contributed by atoms with Gasteiger partial charge in [0, 0.05) is 11.6 Å². The normalized spacial score (nSPS) is 10.1. The highest BCUT2D eigenvalue weighted by Crippen LogP contribution is 2.19. The summed E-state index contributed by atoms with van der Waals surface area (Å²) < 4.78 is 0. The van der Waals surface area contributed by atoms with Crippen LogP contribution in [0.5, 0.6) is 0 Å². The van der Waals surface area contributed by atoms with Crippen molar-refractivity contribution in [3.8, 4) is 0 Å². The molecule has 0 amide bonds. The molecule has 2 rings (SSSR count). The van der Waals surface area contributed by atoms with E-state index in [1.54, 1.807) is 18.2 Å². The maximum absolute atomic E-state index is 11.8. The lowest BCUT2D eigenvalue weighted by atomic mass is 10.2. The summed E-state index contributed by atoms with van der Waals surface area (Å²) >= 11 is 1.26. The molecule has 0 unspecified atom stereocenters. The number of nitrogens with zero attached hydrogens (tertiary/aromatic N) is 2. The molecule has 0 bridgehead atoms. The Balaban J connectivity index is 1.95. The Morgan fingerprint density at radius 2 is 1.95 bits per heavy atom. The molecule has 0 saturated carbocycles. The minimum Gasteiger partial charge on any atom is -0.293 e. The average Bonchev–Trinajstić information content (AvgIpc) is 2.46. The zero-order valence-electron chi connectivity index (χ0n) is 9.85. The lowest BCUT2D eigenvalue weighted by molar-refractivity contribution is -0.385. The van der Waals surface area contributed by atoms with Gasteiger partial charge < -0.3 is 0 Å². The first-order valence-electron chi connectivity index (χ1n) is 5.48. The smallest absolute Gasteiger partial charge is 0.287 e. The van der Waals surface area contributed by atoms with Crippen molar-refractivity contribution < 1.29 is 9.72 Å². The van der Waals surface area contributed by atoms with E-state index in [9.17, 15) is 14.9 Å². The second-order valence-electron chi connectivity index (χ2n) is 3.69. The number of ketones is 1. The third kappa shape index (κ3) is 3.62. The molecule has 96 valence electrons. The number of carbonyl (C=O) groups excluding carboxylic acids is 1. The van der Waals surface area contributed by atoms with Crippen molar-refractivity contribution in [2.75, 3.05) is 5.75 Å². The first-order chi connectivity index (χ1) is 9.16. The number of rotatable bonds is 5. The van der Waals surface area contributed by atoms with Crippen LogP contribution >= 0.6 is 11.8 Å². The first-order valence-corrected chi connectivity index (χ1v) is 6.47. The van der Waals surface area contributed by atoms with Gasteiger partial charge in [-0.1, -0.05) is 42.1 Å². The molecule has 5 nitrogen and oxygen atoms in total. The number of carbonyl (C=O) groups is 1. The maximum Gasteiger partial charge on any atom is 0.287 e. The Bertz CT molecular complexity index is 585. The topological polar surface area (TPSA) is 73.1 Å². The number of hydrogen-bond donors (Lipinski definition) is 0. The number of pyridine rings is 1. The van der Waals surface area contributed by atoms with Gasteiger partial charge in [-0.05, 0) is 6.07 Å². The number of benzene rings is 1. The van der Waals surface area contributed by atoms with Crippen LogP contribution in [0.15, 0.2) is 53.7 Å². The fraction of sp³-hybridized carbons (Fsp3) is 0.0769. The van der Waals surface area contributed by atoms with Gasteiger partial charge in [0.2, 0.25) is 0 Å². The SMILES string of the molecule is O=C(CSc1ccc([N+](=O)[O-])cn1)c1ccccc1. The van der Waals surface area contributed by atoms with Crippen molar-refractivity contribution in [2.45, 2.75) is 5.03 Å². The van der Waals surface area contributed by atoms with E-state index in [0.29, 0.717) is 10.6 Å². The van der Waals surface area contributed by atoms with E-state index in [-0.39, 0.29) is 17.2 Å². The molecule has 0 spiro atoms. The van der Waals surface area contributed by atoms with Gasteiger partial charge in [0.25, 0.3) is 5.69 Å². The third-order valence-corrected chi connectivity index (χ3v) is 3.32. The number of nitro groups is 1. The summed E-state index contributed by atoms with van der Waals surface area (Å²) in [6.45, 7) is 0. The van der Waals surface area contributed by atoms with Crippen LogP contribution in [0.3, 0.4) is 0 Å². The molecule has 1 aromatic carbocycles. The van der Waals surface area contributed by atoms with Crippen molar-refractivity contribution in [3.63, 3.8) is 0 Å². The van der Waals surface area contributed by atoms with Crippen molar-refractivity contribution in [1.29, 1.82) is 0 Å². The summed E-state index contributed by atoms with van der Waals surface area (Å²) in [7, 11) is 0. The lowest BCUT2D eigenvalue weighted by Crippen LogP contribution is -2.02. The van der Waals surface area contributed by atoms with Crippen LogP contribution in [-0.2, 0) is 0 Å². The molecule has 0 atom stereocenters. The van der Waals surface area contributed by atoms with Crippen LogP contribution in [0.4, 0.5) is 5.69 Å². The Morgan fingerprint density at radius 3 is 2.53 bits per heavy atom. The summed E-state index contributed by atoms with van der Waals surface area (Å²) in [5.74, 6) is 0.264. The standard InChI is InChI=1S/C13H10N2O3S/c16-12(10-4-2-1-3-5-10)9-19-13-7-6-11(8-14-13)15(17)18/h1-8H,9H2. The van der Waals surface area contributed by atoms with Crippen molar-refractivity contribution in [2.24, 2.45) is 0 Å². The summed E-state index contributed by atoms with van der Waals surface area (Å²) in [5.41, 5.74) is 0.593. The molecule has 0 aliphatic carbocycles. The van der Waals surface area contributed by atoms with Gasteiger partial charge in [-0.3, -0.25) is 14.9 Å². The molecule has 1 aromatic heterocycles. The van der Waals surface area contributed by atoms with E-state index in [0.717, 1.165) is 0 Å². The second-order valence-corrected chi connectivity index (χ2v) is 4.69. The summed E-state index contributed by atoms with van der Waals surface area (Å²) in [6, 6.07) is 11.9. The summed E-state index contributed by atoms with van der Waals surface area (Å²) in [5, 5.41) is 11.1. The van der Waals surface area contributed by atoms with E-state index in [2.05, 4.69) is 4.98 Å². The highest BCUT2D eigenvalue weighted by Gasteiger charge is 2.08. The van der Waals surface area contributed by atoms with Crippen molar-refractivity contribution in [1.82, 2.24) is 4.98 Å². The van der Waals surface area contributed by atoms with Gasteiger partial charge in [-0.2, -0.15) is 0 Å². The molecule has 1 heterocycles. The summed E-state index contributed by atoms with van der Waals surface area (Å²) in [4.78, 5) is 25.7. The van der Waals surface area contributed by atoms with Crippen LogP contribution in [0.2, 0.25) is 0 Å². The first kappa shape index (κ1) is 13.2. The zero-order chi connectivity index (χ0) is 13.7. The number of Topliss-reactive ketones (excluding diaryl/α,β-unsaturated/α-hetero) is 1. The van der Waals surface area contributed by atoms with Crippen molar-refractivity contribution in [3.05, 3.63) is 64.3 Å². The van der Waals surface area contributed by atoms with E-state index >= 15 is 0 Å². The molecule has 0 saturated heterocycles. The molecule has 0 aliphatic rings. The molecule has 19 heavy (non-hydrogen) atoms. The average molecular weight is 274 g/mol. The molecule has 0 aliphatic heterocycles. The second kappa shape index (κ2) is 6.10. The number of hydrogen-bond acceptors (Lipinski definition) is 5. The molecule has 2 aromatic rings. The van der Waals surface area contributed by atoms with Gasteiger partial charge in [0.15, 0.2) is 5.78 Å². The van der Waals surface area contributed by atoms with Crippen LogP contribution < -0.4 is 0 Å². The highest BCUT2D eigenvalue weighted by molar-refractivity contribution is 7.99. The largest absolute Gasteiger partial charge is 0.293 e. The minimum absolute atomic E-state index is 0.00533. The predicted molar refractivity (Wildman–Crippen MR) is 72.4 cm³/mol. The zero-order valence-corrected chi connectivity index (χ0v) is 10.7. The summed E-state index contributed by atoms with van der Waals surface area (Å²) in [6.07, 6.45) is 1.19. The third-order valence-electron chi connectivity index (χ3n) is 2.38. The van der Waals surface area contributed by atoms with Crippen LogP contribution in [0.1, 0.15) is 10.4 Å². The Hall–Kier alpha value is -2.21. The quantitative estimate of drug-likeness (QED) is 0.363. The van der Waals surface area contributed by atoms with Crippen LogP contribution in [0.25, 0.3) is 0 Å². The molecule has 0 N–H and O–H groups in total. The lowest BCUT2D eigenvalue weighted by Gasteiger charge is -2.00. The fourth-order valence-corrected chi connectivity index (χ4v) is 2.15. The van der Waals surface area contributed by atoms with Gasteiger partial charge >= 0.3 is 0 Å². The van der Waals surface area contributed by atoms with E-state index < -0.39 is 4.92 Å². The highest BCUT2D eigenvalue weighted by atomic mass is 32.2. The predicted octanol–water partition coefficient (Wildman–Crippen LogP) is 2.96. The van der Waals surface area contributed by atoms with E-state index in [1.807, 2.05) is 18.2 Å². The Kier molecular flexibility index (Phi) is 4.25. The number of thioether (sulfide) groups is 1. The maximum atomic E-state index is 11.8. The van der Waals surface area contributed by atoms with Gasteiger partial charge in [0.1, 0.15) is 6.20 Å². The Morgan fingerprint density at radius 1 is 1.21 bits per heavy atom. The van der Waals surface area contributed by atoms with Gasteiger partial charge in [-0.25, -0.2) is 4.98 Å². The van der Waals surface area contributed by atoms with Gasteiger partial charge in [0.05, 0.1) is 15.7 Å². The Labute approximate surface area is 113 Å².